The average molecular weight is 309 g/mol. The van der Waals surface area contributed by atoms with E-state index in [1.165, 1.54) is 24.2 Å². The zero-order valence-electron chi connectivity index (χ0n) is 12.6. The van der Waals surface area contributed by atoms with Crippen molar-refractivity contribution in [3.05, 3.63) is 4.88 Å². The number of nitrogens with zero attached hydrogens (tertiary/aromatic N) is 1. The minimum absolute atomic E-state index is 0.0240. The number of nitrogens with one attached hydrogen (secondary N) is 1. The zero-order chi connectivity index (χ0) is 15.2. The molecule has 0 aliphatic heterocycles. The number of nitrogen functional groups attached to an aromatic ring is 1. The Kier molecular flexibility index (Phi) is 5.71. The topological polar surface area (TPSA) is 80.3 Å². The van der Waals surface area contributed by atoms with Crippen molar-refractivity contribution in [1.29, 1.82) is 5.26 Å². The van der Waals surface area contributed by atoms with Crippen LogP contribution >= 0.6 is 11.3 Å². The summed E-state index contributed by atoms with van der Waals surface area (Å²) in [6.45, 7) is 6.32. The number of thiophene rings is 1. The van der Waals surface area contributed by atoms with E-state index in [0.29, 0.717) is 16.3 Å². The lowest BCUT2D eigenvalue weighted by molar-refractivity contribution is 0.124. The summed E-state index contributed by atoms with van der Waals surface area (Å²) in [6, 6.07) is 2.11. The fraction of sp³-hybridized carbons (Fsp3) is 0.667. The third kappa shape index (κ3) is 4.80. The molecular weight excluding hydrogens is 286 g/mol. The van der Waals surface area contributed by atoms with Gasteiger partial charge in [0.1, 0.15) is 21.6 Å². The summed E-state index contributed by atoms with van der Waals surface area (Å²) in [5, 5.41) is 13.2. The molecule has 0 saturated heterocycles. The Balaban J connectivity index is 1.81. The van der Waals surface area contributed by atoms with Crippen molar-refractivity contribution in [1.82, 2.24) is 0 Å². The van der Waals surface area contributed by atoms with E-state index in [2.05, 4.69) is 11.4 Å². The standard InChI is InChI=1S/C15H23N3O2S/c1-10(2)20-14-13(17)12(8-16)21-15(14)18-6-3-7-19-9-11-4-5-11/h10-11,18H,3-7,9,17H2,1-2H3. The predicted octanol–water partition coefficient (Wildman–Crippen LogP) is 3.22. The summed E-state index contributed by atoms with van der Waals surface area (Å²) in [5.41, 5.74) is 6.39. The van der Waals surface area contributed by atoms with Crippen molar-refractivity contribution in [2.24, 2.45) is 5.92 Å². The highest BCUT2D eigenvalue weighted by molar-refractivity contribution is 7.17. The van der Waals surface area contributed by atoms with Gasteiger partial charge in [-0.1, -0.05) is 0 Å². The molecule has 0 aromatic carbocycles. The highest BCUT2D eigenvalue weighted by Crippen LogP contribution is 2.42. The first-order valence-electron chi connectivity index (χ1n) is 7.42. The van der Waals surface area contributed by atoms with E-state index >= 15 is 0 Å². The van der Waals surface area contributed by atoms with Gasteiger partial charge in [-0.3, -0.25) is 0 Å². The molecule has 1 heterocycles. The summed E-state index contributed by atoms with van der Waals surface area (Å²) in [6.07, 6.45) is 3.59. The lowest BCUT2D eigenvalue weighted by atomic mass is 10.3. The Labute approximate surface area is 130 Å². The number of ether oxygens (including phenoxy) is 2. The maximum absolute atomic E-state index is 9.07. The summed E-state index contributed by atoms with van der Waals surface area (Å²) in [7, 11) is 0. The quantitative estimate of drug-likeness (QED) is 0.685. The summed E-state index contributed by atoms with van der Waals surface area (Å²) in [4.78, 5) is 0.498. The summed E-state index contributed by atoms with van der Waals surface area (Å²) < 4.78 is 11.3. The van der Waals surface area contributed by atoms with Gasteiger partial charge in [-0.15, -0.1) is 11.3 Å². The molecule has 1 aromatic rings. The second-order valence-corrected chi connectivity index (χ2v) is 6.60. The van der Waals surface area contributed by atoms with Crippen molar-refractivity contribution in [3.63, 3.8) is 0 Å². The molecule has 0 bridgehead atoms. The van der Waals surface area contributed by atoms with E-state index in [-0.39, 0.29) is 6.10 Å². The minimum Gasteiger partial charge on any atom is -0.486 e. The Bertz CT molecular complexity index is 504. The number of nitrogens with two attached hydrogens (primary N) is 1. The van der Waals surface area contributed by atoms with Gasteiger partial charge < -0.3 is 20.5 Å². The summed E-state index contributed by atoms with van der Waals surface area (Å²) >= 11 is 1.34. The number of hydrogen-bond acceptors (Lipinski definition) is 6. The van der Waals surface area contributed by atoms with Crippen LogP contribution in [-0.2, 0) is 4.74 Å². The molecule has 0 spiro atoms. The molecule has 3 N–H and O–H groups in total. The van der Waals surface area contributed by atoms with Crippen molar-refractivity contribution < 1.29 is 9.47 Å². The first kappa shape index (κ1) is 15.9. The van der Waals surface area contributed by atoms with E-state index < -0.39 is 0 Å². The van der Waals surface area contributed by atoms with Crippen LogP contribution < -0.4 is 15.8 Å². The molecule has 1 aliphatic carbocycles. The Hall–Kier alpha value is -1.45. The predicted molar refractivity (Wildman–Crippen MR) is 85.9 cm³/mol. The molecule has 1 aromatic heterocycles. The van der Waals surface area contributed by atoms with Gasteiger partial charge >= 0.3 is 0 Å². The van der Waals surface area contributed by atoms with Crippen LogP contribution in [-0.4, -0.2) is 25.9 Å². The van der Waals surface area contributed by atoms with Crippen LogP contribution in [0.15, 0.2) is 0 Å². The van der Waals surface area contributed by atoms with E-state index in [1.54, 1.807) is 0 Å². The van der Waals surface area contributed by atoms with Gasteiger partial charge in [0.15, 0.2) is 5.75 Å². The van der Waals surface area contributed by atoms with Gasteiger partial charge in [-0.25, -0.2) is 0 Å². The molecule has 0 amide bonds. The SMILES string of the molecule is CC(C)Oc1c(NCCCOCC2CC2)sc(C#N)c1N. The van der Waals surface area contributed by atoms with Gasteiger partial charge in [-0.2, -0.15) is 5.26 Å². The molecule has 0 unspecified atom stereocenters. The number of rotatable bonds is 9. The van der Waals surface area contributed by atoms with Gasteiger partial charge in [0.2, 0.25) is 0 Å². The van der Waals surface area contributed by atoms with Gasteiger partial charge in [0, 0.05) is 19.8 Å². The van der Waals surface area contributed by atoms with E-state index in [4.69, 9.17) is 20.5 Å². The Morgan fingerprint density at radius 2 is 2.24 bits per heavy atom. The lowest BCUT2D eigenvalue weighted by Gasteiger charge is -2.12. The molecule has 0 atom stereocenters. The van der Waals surface area contributed by atoms with Crippen LogP contribution in [0, 0.1) is 17.2 Å². The molecule has 2 rings (SSSR count). The van der Waals surface area contributed by atoms with Gasteiger partial charge in [-0.05, 0) is 39.0 Å². The maximum atomic E-state index is 9.07. The number of nitriles is 1. The van der Waals surface area contributed by atoms with Crippen molar-refractivity contribution >= 4 is 22.0 Å². The van der Waals surface area contributed by atoms with Crippen LogP contribution in [0.2, 0.25) is 0 Å². The normalized spacial score (nSPS) is 14.2. The fourth-order valence-electron chi connectivity index (χ4n) is 1.89. The molecular formula is C15H23N3O2S. The van der Waals surface area contributed by atoms with Gasteiger partial charge in [0.25, 0.3) is 0 Å². The molecule has 1 aliphatic rings. The molecule has 6 heteroatoms. The zero-order valence-corrected chi connectivity index (χ0v) is 13.5. The monoisotopic (exact) mass is 309 g/mol. The van der Waals surface area contributed by atoms with E-state index in [9.17, 15) is 0 Å². The largest absolute Gasteiger partial charge is 0.486 e. The molecule has 1 saturated carbocycles. The second-order valence-electron chi connectivity index (χ2n) is 5.58. The third-order valence-electron chi connectivity index (χ3n) is 3.16. The van der Waals surface area contributed by atoms with Crippen LogP contribution in [0.5, 0.6) is 5.75 Å². The first-order valence-corrected chi connectivity index (χ1v) is 8.24. The molecule has 0 radical (unpaired) electrons. The molecule has 5 nitrogen and oxygen atoms in total. The molecule has 1 fully saturated rings. The lowest BCUT2D eigenvalue weighted by Crippen LogP contribution is -2.10. The van der Waals surface area contributed by atoms with E-state index in [1.807, 2.05) is 13.8 Å². The van der Waals surface area contributed by atoms with Crippen LogP contribution in [0.1, 0.15) is 38.0 Å². The van der Waals surface area contributed by atoms with Crippen LogP contribution in [0.3, 0.4) is 0 Å². The fourth-order valence-corrected chi connectivity index (χ4v) is 2.77. The van der Waals surface area contributed by atoms with Crippen molar-refractivity contribution in [2.75, 3.05) is 30.8 Å². The third-order valence-corrected chi connectivity index (χ3v) is 4.21. The smallest absolute Gasteiger partial charge is 0.178 e. The van der Waals surface area contributed by atoms with Crippen molar-refractivity contribution in [2.45, 2.75) is 39.2 Å². The van der Waals surface area contributed by atoms with Crippen LogP contribution in [0.25, 0.3) is 0 Å². The van der Waals surface area contributed by atoms with Crippen LogP contribution in [0.4, 0.5) is 10.7 Å². The minimum atomic E-state index is 0.0240. The highest BCUT2D eigenvalue weighted by Gasteiger charge is 2.21. The highest BCUT2D eigenvalue weighted by atomic mass is 32.1. The van der Waals surface area contributed by atoms with E-state index in [0.717, 1.165) is 37.1 Å². The summed E-state index contributed by atoms with van der Waals surface area (Å²) in [5.74, 6) is 1.41. The number of hydrogen-bond donors (Lipinski definition) is 2. The van der Waals surface area contributed by atoms with Gasteiger partial charge in [0.05, 0.1) is 6.10 Å². The van der Waals surface area contributed by atoms with Crippen molar-refractivity contribution in [3.8, 4) is 11.8 Å². The number of anilines is 2. The average Bonchev–Trinajstić information content (AvgIpc) is 3.22. The maximum Gasteiger partial charge on any atom is 0.178 e. The molecule has 116 valence electrons. The Morgan fingerprint density at radius 3 is 2.86 bits per heavy atom. The Morgan fingerprint density at radius 1 is 1.48 bits per heavy atom. The first-order chi connectivity index (χ1) is 10.1. The molecule has 21 heavy (non-hydrogen) atoms. The second kappa shape index (κ2) is 7.53.